The fraction of sp³-hybridized carbons (Fsp3) is 0.500. The van der Waals surface area contributed by atoms with E-state index in [-0.39, 0.29) is 11.9 Å². The zero-order chi connectivity index (χ0) is 14.1. The molecule has 2 aromatic rings. The molecule has 0 aliphatic heterocycles. The molecule has 20 heavy (non-hydrogen) atoms. The van der Waals surface area contributed by atoms with Crippen molar-refractivity contribution in [3.05, 3.63) is 34.0 Å². The van der Waals surface area contributed by atoms with E-state index in [1.54, 1.807) is 22.2 Å². The normalized spacial score (nSPS) is 16.1. The second-order valence-corrected chi connectivity index (χ2v) is 6.15. The van der Waals surface area contributed by atoms with E-state index in [1.807, 2.05) is 25.3 Å². The molecule has 3 rings (SSSR count). The van der Waals surface area contributed by atoms with E-state index >= 15 is 0 Å². The van der Waals surface area contributed by atoms with Crippen LogP contribution >= 0.6 is 11.3 Å². The fourth-order valence-corrected chi connectivity index (χ4v) is 3.13. The smallest absolute Gasteiger partial charge is 0.244 e. The van der Waals surface area contributed by atoms with Crippen molar-refractivity contribution >= 4 is 17.2 Å². The number of rotatable bonds is 5. The Morgan fingerprint density at radius 1 is 1.60 bits per heavy atom. The lowest BCUT2D eigenvalue weighted by atomic mass is 10.3. The molecule has 6 heteroatoms. The minimum Gasteiger partial charge on any atom is -0.349 e. The number of hydrogen-bond donors (Lipinski definition) is 1. The molecule has 1 amide bonds. The summed E-state index contributed by atoms with van der Waals surface area (Å²) in [6.45, 7) is 4.29. The lowest BCUT2D eigenvalue weighted by molar-refractivity contribution is -0.124. The maximum Gasteiger partial charge on any atom is 0.244 e. The second kappa shape index (κ2) is 5.36. The van der Waals surface area contributed by atoms with Crippen molar-refractivity contribution in [3.63, 3.8) is 0 Å². The number of hydrogen-bond acceptors (Lipinski definition) is 4. The molecule has 5 nitrogen and oxygen atoms in total. The molecule has 1 aliphatic carbocycles. The molecule has 0 bridgehead atoms. The molecule has 106 valence electrons. The monoisotopic (exact) mass is 290 g/mol. The van der Waals surface area contributed by atoms with Gasteiger partial charge in [0.2, 0.25) is 5.91 Å². The fourth-order valence-electron chi connectivity index (χ4n) is 2.14. The van der Waals surface area contributed by atoms with Crippen LogP contribution in [0.3, 0.4) is 0 Å². The van der Waals surface area contributed by atoms with Crippen molar-refractivity contribution in [2.24, 2.45) is 0 Å². The van der Waals surface area contributed by atoms with Crippen molar-refractivity contribution < 1.29 is 4.79 Å². The lowest BCUT2D eigenvalue weighted by Gasteiger charge is -2.13. The minimum absolute atomic E-state index is 0.0298. The third-order valence-electron chi connectivity index (χ3n) is 3.55. The summed E-state index contributed by atoms with van der Waals surface area (Å²) < 4.78 is 1.73. The van der Waals surface area contributed by atoms with Gasteiger partial charge in [0, 0.05) is 23.2 Å². The average Bonchev–Trinajstić information content (AvgIpc) is 3.03. The highest BCUT2D eigenvalue weighted by Gasteiger charge is 2.26. The Labute approximate surface area is 122 Å². The van der Waals surface area contributed by atoms with E-state index in [4.69, 9.17) is 0 Å². The largest absolute Gasteiger partial charge is 0.349 e. The molecule has 1 saturated carbocycles. The minimum atomic E-state index is -0.300. The van der Waals surface area contributed by atoms with Crippen LogP contribution in [-0.4, -0.2) is 20.7 Å². The molecular weight excluding hydrogens is 272 g/mol. The van der Waals surface area contributed by atoms with Gasteiger partial charge < -0.3 is 5.32 Å². The van der Waals surface area contributed by atoms with Gasteiger partial charge in [-0.25, -0.2) is 4.98 Å². The number of carbonyl (C=O) groups is 1. The van der Waals surface area contributed by atoms with Crippen LogP contribution in [-0.2, 0) is 11.3 Å². The first-order chi connectivity index (χ1) is 9.65. The van der Waals surface area contributed by atoms with Crippen LogP contribution in [0.4, 0.5) is 0 Å². The average molecular weight is 290 g/mol. The van der Waals surface area contributed by atoms with Gasteiger partial charge in [-0.1, -0.05) is 0 Å². The third-order valence-corrected chi connectivity index (χ3v) is 4.61. The van der Waals surface area contributed by atoms with E-state index in [1.165, 1.54) is 17.8 Å². The van der Waals surface area contributed by atoms with Crippen molar-refractivity contribution in [2.75, 3.05) is 0 Å². The van der Waals surface area contributed by atoms with Gasteiger partial charge in [-0.05, 0) is 32.8 Å². The van der Waals surface area contributed by atoms with E-state index in [0.29, 0.717) is 12.5 Å². The van der Waals surface area contributed by atoms with Crippen LogP contribution in [0, 0.1) is 6.92 Å². The summed E-state index contributed by atoms with van der Waals surface area (Å²) in [5.41, 5.74) is 1.94. The van der Waals surface area contributed by atoms with Crippen LogP contribution in [0.5, 0.6) is 0 Å². The summed E-state index contributed by atoms with van der Waals surface area (Å²) in [4.78, 5) is 16.7. The van der Waals surface area contributed by atoms with Crippen LogP contribution < -0.4 is 5.32 Å². The number of carbonyl (C=O) groups excluding carboxylic acids is 1. The zero-order valence-corrected chi connectivity index (χ0v) is 12.5. The summed E-state index contributed by atoms with van der Waals surface area (Å²) in [7, 11) is 0. The summed E-state index contributed by atoms with van der Waals surface area (Å²) >= 11 is 1.70. The van der Waals surface area contributed by atoms with Crippen molar-refractivity contribution in [2.45, 2.75) is 45.2 Å². The summed E-state index contributed by atoms with van der Waals surface area (Å²) in [6.07, 6.45) is 4.23. The standard InChI is InChI=1S/C14H18N4OS/c1-9-5-6-16-18(9)10(2)13(19)15-7-12-8-20-14(17-12)11-3-4-11/h5-6,8,10-11H,3-4,7H2,1-2H3,(H,15,19)/t10-/m0/s1. The predicted molar refractivity (Wildman–Crippen MR) is 77.6 cm³/mol. The molecule has 0 radical (unpaired) electrons. The van der Waals surface area contributed by atoms with Crippen LogP contribution in [0.15, 0.2) is 17.6 Å². The van der Waals surface area contributed by atoms with Gasteiger partial charge in [0.1, 0.15) is 6.04 Å². The number of aromatic nitrogens is 3. The third kappa shape index (κ3) is 2.75. The Morgan fingerprint density at radius 3 is 3.05 bits per heavy atom. The Bertz CT molecular complexity index is 614. The molecule has 2 aromatic heterocycles. The molecule has 0 aromatic carbocycles. The molecule has 0 spiro atoms. The molecule has 1 atom stereocenters. The number of amides is 1. The van der Waals surface area contributed by atoms with Gasteiger partial charge >= 0.3 is 0 Å². The molecule has 2 heterocycles. The number of nitrogens with one attached hydrogen (secondary N) is 1. The van der Waals surface area contributed by atoms with Gasteiger partial charge in [0.05, 0.1) is 17.2 Å². The second-order valence-electron chi connectivity index (χ2n) is 5.26. The van der Waals surface area contributed by atoms with Crippen LogP contribution in [0.2, 0.25) is 0 Å². The highest BCUT2D eigenvalue weighted by atomic mass is 32.1. The number of thiazole rings is 1. The number of aryl methyl sites for hydroxylation is 1. The highest BCUT2D eigenvalue weighted by Crippen LogP contribution is 2.41. The van der Waals surface area contributed by atoms with Crippen molar-refractivity contribution in [3.8, 4) is 0 Å². The van der Waals surface area contributed by atoms with Gasteiger partial charge in [-0.3, -0.25) is 9.48 Å². The lowest BCUT2D eigenvalue weighted by Crippen LogP contribution is -2.31. The first kappa shape index (κ1) is 13.3. The predicted octanol–water partition coefficient (Wildman–Crippen LogP) is 2.40. The Hall–Kier alpha value is -1.69. The summed E-state index contributed by atoms with van der Waals surface area (Å²) in [5, 5.41) is 10.4. The maximum atomic E-state index is 12.1. The highest BCUT2D eigenvalue weighted by molar-refractivity contribution is 7.09. The molecule has 1 fully saturated rings. The SMILES string of the molecule is Cc1ccnn1[C@@H](C)C(=O)NCc1csc(C2CC2)n1. The van der Waals surface area contributed by atoms with Gasteiger partial charge in [0.25, 0.3) is 0 Å². The first-order valence-corrected chi connectivity index (χ1v) is 7.75. The van der Waals surface area contributed by atoms with Crippen molar-refractivity contribution in [1.82, 2.24) is 20.1 Å². The zero-order valence-electron chi connectivity index (χ0n) is 11.7. The Morgan fingerprint density at radius 2 is 2.40 bits per heavy atom. The summed E-state index contributed by atoms with van der Waals surface area (Å²) in [6, 6.07) is 1.60. The molecule has 1 aliphatic rings. The quantitative estimate of drug-likeness (QED) is 0.920. The van der Waals surface area contributed by atoms with E-state index in [2.05, 4.69) is 15.4 Å². The van der Waals surface area contributed by atoms with Gasteiger partial charge in [0.15, 0.2) is 0 Å². The maximum absolute atomic E-state index is 12.1. The first-order valence-electron chi connectivity index (χ1n) is 6.87. The van der Waals surface area contributed by atoms with Crippen LogP contribution in [0.25, 0.3) is 0 Å². The Kier molecular flexibility index (Phi) is 3.56. The van der Waals surface area contributed by atoms with E-state index in [9.17, 15) is 4.79 Å². The van der Waals surface area contributed by atoms with E-state index in [0.717, 1.165) is 11.4 Å². The van der Waals surface area contributed by atoms with Crippen molar-refractivity contribution in [1.29, 1.82) is 0 Å². The van der Waals surface area contributed by atoms with E-state index < -0.39 is 0 Å². The van der Waals surface area contributed by atoms with Crippen LogP contribution in [0.1, 0.15) is 48.1 Å². The van der Waals surface area contributed by atoms with Gasteiger partial charge in [-0.2, -0.15) is 5.10 Å². The molecule has 1 N–H and O–H groups in total. The Balaban J connectivity index is 1.57. The molecule has 0 saturated heterocycles. The molecular formula is C14H18N4OS. The summed E-state index contributed by atoms with van der Waals surface area (Å²) in [5.74, 6) is 0.646. The number of nitrogens with zero attached hydrogens (tertiary/aromatic N) is 3. The van der Waals surface area contributed by atoms with Gasteiger partial charge in [-0.15, -0.1) is 11.3 Å². The molecule has 0 unspecified atom stereocenters. The topological polar surface area (TPSA) is 59.8 Å².